The van der Waals surface area contributed by atoms with Gasteiger partial charge in [-0.15, -0.1) is 0 Å². The van der Waals surface area contributed by atoms with Crippen LogP contribution in [0.1, 0.15) is 0 Å². The maximum absolute atomic E-state index is 9.25. The van der Waals surface area contributed by atoms with Crippen molar-refractivity contribution in [1.82, 2.24) is 0 Å². The molecule has 0 aliphatic carbocycles. The summed E-state index contributed by atoms with van der Waals surface area (Å²) in [4.78, 5) is -0.303. The first-order valence-electron chi connectivity index (χ1n) is 3.43. The summed E-state index contributed by atoms with van der Waals surface area (Å²) in [6.45, 7) is -0.337. The second-order valence-corrected chi connectivity index (χ2v) is 5.15. The fourth-order valence-electron chi connectivity index (χ4n) is 1.07. The third-order valence-corrected chi connectivity index (χ3v) is 4.93. The van der Waals surface area contributed by atoms with Gasteiger partial charge in [-0.05, 0) is 0 Å². The van der Waals surface area contributed by atoms with Gasteiger partial charge in [0.15, 0.2) is 0 Å². The van der Waals surface area contributed by atoms with E-state index in [0.29, 0.717) is 5.32 Å². The minimum absolute atomic E-state index is 0.0426. The van der Waals surface area contributed by atoms with Gasteiger partial charge >= 0.3 is 70.4 Å². The quantitative estimate of drug-likeness (QED) is 0.411. The Morgan fingerprint density at radius 1 is 1.45 bits per heavy atom. The third kappa shape index (κ3) is 1.93. The van der Waals surface area contributed by atoms with Gasteiger partial charge in [-0.2, -0.15) is 0 Å². The molecule has 0 spiro atoms. The van der Waals surface area contributed by atoms with E-state index in [-0.39, 0.29) is 26.4 Å². The van der Waals surface area contributed by atoms with Crippen LogP contribution in [0.4, 0.5) is 0 Å². The molecule has 4 N–H and O–H groups in total. The van der Waals surface area contributed by atoms with E-state index in [4.69, 9.17) is 15.3 Å². The third-order valence-electron chi connectivity index (χ3n) is 1.76. The standard InChI is InChI=1S/C6H12O4Se/c7-1-3(8)6-5(10)4(9)2-11-6/h3-10H,1-2H2/t3-,4+,5-,6+/m1/s1. The van der Waals surface area contributed by atoms with E-state index >= 15 is 0 Å². The molecule has 0 aromatic rings. The molecule has 0 aromatic carbocycles. The van der Waals surface area contributed by atoms with Crippen molar-refractivity contribution in [2.24, 2.45) is 0 Å². The second-order valence-electron chi connectivity index (χ2n) is 2.61. The van der Waals surface area contributed by atoms with Crippen molar-refractivity contribution in [3.8, 4) is 0 Å². The zero-order valence-electron chi connectivity index (χ0n) is 5.92. The number of hydrogen-bond donors (Lipinski definition) is 4. The van der Waals surface area contributed by atoms with Crippen LogP contribution < -0.4 is 0 Å². The predicted molar refractivity (Wildman–Crippen MR) is 39.4 cm³/mol. The average Bonchev–Trinajstić information content (AvgIpc) is 2.32. The van der Waals surface area contributed by atoms with E-state index < -0.39 is 18.3 Å². The Labute approximate surface area is 71.0 Å². The van der Waals surface area contributed by atoms with Gasteiger partial charge < -0.3 is 0 Å². The summed E-state index contributed by atoms with van der Waals surface area (Å²) >= 11 is 0.0426. The predicted octanol–water partition coefficient (Wildman–Crippen LogP) is -2.01. The first-order valence-corrected chi connectivity index (χ1v) is 5.63. The first kappa shape index (κ1) is 9.45. The molecule has 0 saturated carbocycles. The van der Waals surface area contributed by atoms with E-state index in [1.54, 1.807) is 0 Å². The fraction of sp³-hybridized carbons (Fsp3) is 1.00. The van der Waals surface area contributed by atoms with Gasteiger partial charge in [-0.3, -0.25) is 0 Å². The van der Waals surface area contributed by atoms with Gasteiger partial charge in [-0.1, -0.05) is 0 Å². The normalized spacial score (nSPS) is 40.9. The summed E-state index contributed by atoms with van der Waals surface area (Å²) in [5, 5.41) is 36.6. The molecule has 0 radical (unpaired) electrons. The monoisotopic (exact) mass is 228 g/mol. The Kier molecular flexibility index (Phi) is 3.30. The molecule has 0 unspecified atom stereocenters. The van der Waals surface area contributed by atoms with Crippen molar-refractivity contribution in [2.45, 2.75) is 28.4 Å². The zero-order valence-corrected chi connectivity index (χ0v) is 7.63. The summed E-state index contributed by atoms with van der Waals surface area (Å²) in [5.41, 5.74) is 0. The van der Waals surface area contributed by atoms with E-state index in [2.05, 4.69) is 0 Å². The van der Waals surface area contributed by atoms with E-state index in [1.807, 2.05) is 0 Å². The van der Waals surface area contributed by atoms with E-state index in [9.17, 15) is 5.11 Å². The van der Waals surface area contributed by atoms with Crippen molar-refractivity contribution in [1.29, 1.82) is 0 Å². The number of aliphatic hydroxyl groups is 4. The van der Waals surface area contributed by atoms with Crippen LogP contribution in [0.15, 0.2) is 0 Å². The van der Waals surface area contributed by atoms with Crippen LogP contribution in [0.3, 0.4) is 0 Å². The molecule has 0 bridgehead atoms. The van der Waals surface area contributed by atoms with Crippen molar-refractivity contribution < 1.29 is 20.4 Å². The Balaban J connectivity index is 2.47. The van der Waals surface area contributed by atoms with Crippen LogP contribution in [0.2, 0.25) is 10.1 Å². The molecule has 0 aromatic heterocycles. The topological polar surface area (TPSA) is 80.9 Å². The van der Waals surface area contributed by atoms with E-state index in [0.717, 1.165) is 0 Å². The SMILES string of the molecule is OC[C@@H](O)[C@@H]1[Se]C[C@H](O)[C@H]1O. The maximum atomic E-state index is 9.25. The van der Waals surface area contributed by atoms with Gasteiger partial charge in [0.05, 0.1) is 0 Å². The molecule has 0 amide bonds. The summed E-state index contributed by atoms with van der Waals surface area (Å²) in [6.07, 6.45) is -2.43. The second kappa shape index (κ2) is 3.85. The van der Waals surface area contributed by atoms with Gasteiger partial charge in [0.2, 0.25) is 0 Å². The Hall–Kier alpha value is 0.359. The van der Waals surface area contributed by atoms with E-state index in [1.165, 1.54) is 0 Å². The summed E-state index contributed by atoms with van der Waals surface area (Å²) < 4.78 is 0. The molecular formula is C6H12O4Se. The van der Waals surface area contributed by atoms with Gasteiger partial charge in [0.25, 0.3) is 0 Å². The van der Waals surface area contributed by atoms with Gasteiger partial charge in [-0.25, -0.2) is 0 Å². The number of rotatable bonds is 2. The van der Waals surface area contributed by atoms with Crippen LogP contribution in [-0.2, 0) is 0 Å². The summed E-state index contributed by atoms with van der Waals surface area (Å²) in [5.74, 6) is 0. The molecule has 1 saturated heterocycles. The van der Waals surface area contributed by atoms with Crippen LogP contribution in [0, 0.1) is 0 Å². The van der Waals surface area contributed by atoms with Crippen LogP contribution >= 0.6 is 0 Å². The molecule has 5 heteroatoms. The molecule has 1 rings (SSSR count). The number of aliphatic hydroxyl groups excluding tert-OH is 4. The summed E-state index contributed by atoms with van der Waals surface area (Å²) in [7, 11) is 0. The molecule has 4 atom stereocenters. The molecule has 4 nitrogen and oxygen atoms in total. The Bertz CT molecular complexity index is 132. The average molecular weight is 227 g/mol. The van der Waals surface area contributed by atoms with Crippen molar-refractivity contribution in [3.05, 3.63) is 0 Å². The summed E-state index contributed by atoms with van der Waals surface area (Å²) in [6, 6.07) is 0. The van der Waals surface area contributed by atoms with Crippen LogP contribution in [0.5, 0.6) is 0 Å². The fourth-order valence-corrected chi connectivity index (χ4v) is 3.80. The van der Waals surface area contributed by atoms with Crippen molar-refractivity contribution in [3.63, 3.8) is 0 Å². The molecule has 1 heterocycles. The van der Waals surface area contributed by atoms with Crippen LogP contribution in [0.25, 0.3) is 0 Å². The molecular weight excluding hydrogens is 215 g/mol. The molecule has 1 fully saturated rings. The molecule has 11 heavy (non-hydrogen) atoms. The molecule has 1 aliphatic heterocycles. The zero-order chi connectivity index (χ0) is 8.43. The minimum atomic E-state index is -0.873. The van der Waals surface area contributed by atoms with Crippen molar-refractivity contribution >= 4 is 15.0 Å². The first-order chi connectivity index (χ1) is 5.16. The number of hydrogen-bond acceptors (Lipinski definition) is 4. The van der Waals surface area contributed by atoms with Crippen molar-refractivity contribution in [2.75, 3.05) is 6.61 Å². The Morgan fingerprint density at radius 2 is 2.09 bits per heavy atom. The van der Waals surface area contributed by atoms with Gasteiger partial charge in [0.1, 0.15) is 0 Å². The van der Waals surface area contributed by atoms with Gasteiger partial charge in [0, 0.05) is 0 Å². The molecule has 66 valence electrons. The van der Waals surface area contributed by atoms with Crippen LogP contribution in [-0.4, -0.2) is 60.3 Å². The molecule has 1 aliphatic rings. The Morgan fingerprint density at radius 3 is 2.45 bits per heavy atom.